The van der Waals surface area contributed by atoms with Crippen LogP contribution in [0.4, 0.5) is 5.69 Å². The minimum Gasteiger partial charge on any atom is -0.372 e. The highest BCUT2D eigenvalue weighted by atomic mass is 32.1. The Morgan fingerprint density at radius 1 is 1.06 bits per heavy atom. The van der Waals surface area contributed by atoms with Gasteiger partial charge in [0.15, 0.2) is 0 Å². The minimum atomic E-state index is 0.970. The van der Waals surface area contributed by atoms with Crippen LogP contribution in [0.2, 0.25) is 0 Å². The smallest absolute Gasteiger partial charge is 0.105 e. The Morgan fingerprint density at radius 3 is 2.44 bits per heavy atom. The van der Waals surface area contributed by atoms with Gasteiger partial charge in [0.1, 0.15) is 5.69 Å². The third-order valence-corrected chi connectivity index (χ3v) is 3.50. The molecule has 0 saturated carbocycles. The van der Waals surface area contributed by atoms with Crippen LogP contribution in [-0.2, 0) is 0 Å². The van der Waals surface area contributed by atoms with Crippen LogP contribution in [0.15, 0.2) is 29.6 Å². The lowest BCUT2D eigenvalue weighted by Crippen LogP contribution is -2.17. The molecular weight excluding hydrogens is 218 g/mol. The summed E-state index contributed by atoms with van der Waals surface area (Å²) >= 11 is 1.39. The van der Waals surface area contributed by atoms with E-state index < -0.39 is 0 Å². The van der Waals surface area contributed by atoms with Crippen LogP contribution in [0.25, 0.3) is 11.3 Å². The maximum atomic E-state index is 4.07. The molecule has 0 aliphatic carbocycles. The van der Waals surface area contributed by atoms with E-state index in [0.717, 1.165) is 11.3 Å². The molecule has 0 spiro atoms. The van der Waals surface area contributed by atoms with Crippen LogP contribution < -0.4 is 4.90 Å². The van der Waals surface area contributed by atoms with Crippen molar-refractivity contribution in [3.05, 3.63) is 29.6 Å². The second kappa shape index (κ2) is 4.22. The largest absolute Gasteiger partial charge is 0.372 e. The van der Waals surface area contributed by atoms with Crippen molar-refractivity contribution in [2.75, 3.05) is 18.0 Å². The summed E-state index contributed by atoms with van der Waals surface area (Å²) in [5, 5.41) is 6.05. The summed E-state index contributed by atoms with van der Waals surface area (Å²) in [7, 11) is 0. The quantitative estimate of drug-likeness (QED) is 0.796. The molecule has 0 bridgehead atoms. The average Bonchev–Trinajstić information content (AvgIpc) is 3.03. The number of rotatable bonds is 2. The Labute approximate surface area is 98.9 Å². The zero-order chi connectivity index (χ0) is 10.8. The molecule has 16 heavy (non-hydrogen) atoms. The zero-order valence-corrected chi connectivity index (χ0v) is 9.78. The Bertz CT molecular complexity index is 444. The summed E-state index contributed by atoms with van der Waals surface area (Å²) in [6.45, 7) is 2.38. The molecule has 82 valence electrons. The molecule has 4 heteroatoms. The third-order valence-electron chi connectivity index (χ3n) is 2.99. The fraction of sp³-hybridized carbons (Fsp3) is 0.333. The second-order valence-corrected chi connectivity index (χ2v) is 4.64. The van der Waals surface area contributed by atoms with Gasteiger partial charge in [-0.15, -0.1) is 5.10 Å². The van der Waals surface area contributed by atoms with Gasteiger partial charge in [-0.3, -0.25) is 0 Å². The highest BCUT2D eigenvalue weighted by Crippen LogP contribution is 2.24. The van der Waals surface area contributed by atoms with Crippen molar-refractivity contribution in [2.24, 2.45) is 0 Å². The number of hydrogen-bond donors (Lipinski definition) is 0. The molecular formula is C12H13N3S. The molecule has 0 unspecified atom stereocenters. The summed E-state index contributed by atoms with van der Waals surface area (Å²) in [5.74, 6) is 0. The first-order valence-electron chi connectivity index (χ1n) is 5.56. The molecule has 2 heterocycles. The van der Waals surface area contributed by atoms with Crippen LogP contribution in [-0.4, -0.2) is 22.7 Å². The lowest BCUT2D eigenvalue weighted by molar-refractivity contribution is 0.949. The summed E-state index contributed by atoms with van der Waals surface area (Å²) in [5.41, 5.74) is 3.44. The molecule has 1 aliphatic heterocycles. The van der Waals surface area contributed by atoms with Gasteiger partial charge in [-0.1, -0.05) is 16.6 Å². The molecule has 1 saturated heterocycles. The molecule has 0 amide bonds. The number of anilines is 1. The van der Waals surface area contributed by atoms with Gasteiger partial charge >= 0.3 is 0 Å². The molecule has 1 aromatic heterocycles. The van der Waals surface area contributed by atoms with Gasteiger partial charge in [-0.2, -0.15) is 0 Å². The Balaban J connectivity index is 1.84. The van der Waals surface area contributed by atoms with Crippen molar-refractivity contribution in [2.45, 2.75) is 12.8 Å². The molecule has 0 N–H and O–H groups in total. The van der Waals surface area contributed by atoms with Crippen LogP contribution in [0.5, 0.6) is 0 Å². The predicted octanol–water partition coefficient (Wildman–Crippen LogP) is 2.81. The van der Waals surface area contributed by atoms with E-state index in [4.69, 9.17) is 0 Å². The van der Waals surface area contributed by atoms with E-state index in [1.807, 2.05) is 5.38 Å². The zero-order valence-electron chi connectivity index (χ0n) is 8.97. The minimum absolute atomic E-state index is 0.970. The Morgan fingerprint density at radius 2 is 1.81 bits per heavy atom. The predicted molar refractivity (Wildman–Crippen MR) is 66.8 cm³/mol. The standard InChI is InChI=1S/C12H13N3S/c1-2-8-15(7-1)11-5-3-10(4-6-11)12-9-16-14-13-12/h3-6,9H,1-2,7-8H2. The van der Waals surface area contributed by atoms with Crippen LogP contribution in [0.3, 0.4) is 0 Å². The Kier molecular flexibility index (Phi) is 2.58. The lowest BCUT2D eigenvalue weighted by atomic mass is 10.1. The average molecular weight is 231 g/mol. The Hall–Kier alpha value is -1.42. The summed E-state index contributed by atoms with van der Waals surface area (Å²) in [4.78, 5) is 2.43. The first-order chi connectivity index (χ1) is 7.93. The van der Waals surface area contributed by atoms with Gasteiger partial charge < -0.3 is 4.90 Å². The summed E-state index contributed by atoms with van der Waals surface area (Å²) < 4.78 is 3.88. The van der Waals surface area contributed by atoms with E-state index in [2.05, 4.69) is 38.8 Å². The van der Waals surface area contributed by atoms with E-state index in [1.54, 1.807) is 0 Å². The molecule has 3 rings (SSSR count). The van der Waals surface area contributed by atoms with E-state index >= 15 is 0 Å². The summed E-state index contributed by atoms with van der Waals surface area (Å²) in [6.07, 6.45) is 2.63. The SMILES string of the molecule is c1cc(N2CCCC2)ccc1-c1csnn1. The van der Waals surface area contributed by atoms with Crippen molar-refractivity contribution >= 4 is 17.2 Å². The molecule has 0 atom stereocenters. The number of benzene rings is 1. The van der Waals surface area contributed by atoms with Crippen molar-refractivity contribution in [3.8, 4) is 11.3 Å². The van der Waals surface area contributed by atoms with Gasteiger partial charge in [-0.05, 0) is 36.5 Å². The van der Waals surface area contributed by atoms with Crippen molar-refractivity contribution < 1.29 is 0 Å². The maximum absolute atomic E-state index is 4.07. The molecule has 3 nitrogen and oxygen atoms in total. The van der Waals surface area contributed by atoms with Gasteiger partial charge in [0.2, 0.25) is 0 Å². The van der Waals surface area contributed by atoms with Gasteiger partial charge in [0, 0.05) is 29.7 Å². The van der Waals surface area contributed by atoms with E-state index in [1.165, 1.54) is 43.2 Å². The molecule has 1 aliphatic rings. The van der Waals surface area contributed by atoms with Crippen molar-refractivity contribution in [1.82, 2.24) is 9.59 Å². The first-order valence-corrected chi connectivity index (χ1v) is 6.39. The first kappa shape index (κ1) is 9.78. The van der Waals surface area contributed by atoms with E-state index in [0.29, 0.717) is 0 Å². The fourth-order valence-electron chi connectivity index (χ4n) is 2.11. The number of nitrogens with zero attached hydrogens (tertiary/aromatic N) is 3. The van der Waals surface area contributed by atoms with Gasteiger partial charge in [0.05, 0.1) is 0 Å². The maximum Gasteiger partial charge on any atom is 0.105 e. The topological polar surface area (TPSA) is 29.0 Å². The third kappa shape index (κ3) is 1.80. The second-order valence-electron chi connectivity index (χ2n) is 4.03. The van der Waals surface area contributed by atoms with Gasteiger partial charge in [0.25, 0.3) is 0 Å². The van der Waals surface area contributed by atoms with E-state index in [-0.39, 0.29) is 0 Å². The highest BCUT2D eigenvalue weighted by Gasteiger charge is 2.12. The van der Waals surface area contributed by atoms with E-state index in [9.17, 15) is 0 Å². The monoisotopic (exact) mass is 231 g/mol. The summed E-state index contributed by atoms with van der Waals surface area (Å²) in [6, 6.07) is 8.62. The van der Waals surface area contributed by atoms with Crippen LogP contribution in [0.1, 0.15) is 12.8 Å². The number of hydrogen-bond acceptors (Lipinski definition) is 4. The van der Waals surface area contributed by atoms with Gasteiger partial charge in [-0.25, -0.2) is 0 Å². The van der Waals surface area contributed by atoms with Crippen LogP contribution in [0, 0.1) is 0 Å². The van der Waals surface area contributed by atoms with Crippen molar-refractivity contribution in [1.29, 1.82) is 0 Å². The number of aromatic nitrogens is 2. The highest BCUT2D eigenvalue weighted by molar-refractivity contribution is 7.03. The normalized spacial score (nSPS) is 15.6. The fourth-order valence-corrected chi connectivity index (χ4v) is 2.57. The molecule has 1 aromatic carbocycles. The molecule has 0 radical (unpaired) electrons. The molecule has 1 fully saturated rings. The lowest BCUT2D eigenvalue weighted by Gasteiger charge is -2.17. The van der Waals surface area contributed by atoms with Crippen molar-refractivity contribution in [3.63, 3.8) is 0 Å². The van der Waals surface area contributed by atoms with Crippen LogP contribution >= 0.6 is 11.5 Å². The molecule has 2 aromatic rings.